The van der Waals surface area contributed by atoms with Crippen molar-refractivity contribution in [1.29, 1.82) is 0 Å². The van der Waals surface area contributed by atoms with Gasteiger partial charge in [0.2, 0.25) is 0 Å². The van der Waals surface area contributed by atoms with Gasteiger partial charge in [0.15, 0.2) is 0 Å². The number of nitrogens with zero attached hydrogens (tertiary/aromatic N) is 1. The Morgan fingerprint density at radius 1 is 1.44 bits per heavy atom. The van der Waals surface area contributed by atoms with E-state index in [2.05, 4.69) is 0 Å². The zero-order valence-electron chi connectivity index (χ0n) is 10.5. The number of halogens is 1. The van der Waals surface area contributed by atoms with E-state index < -0.39 is 0 Å². The van der Waals surface area contributed by atoms with E-state index in [0.29, 0.717) is 0 Å². The number of benzene rings is 1. The van der Waals surface area contributed by atoms with Gasteiger partial charge in [-0.25, -0.2) is 4.39 Å². The highest BCUT2D eigenvalue weighted by Gasteiger charge is 2.10. The molecule has 1 aromatic carbocycles. The number of hydrogen-bond acceptors (Lipinski definition) is 2. The number of fused-ring (bicyclic) bond motifs is 1. The lowest BCUT2D eigenvalue weighted by molar-refractivity contribution is -0.148. The van der Waals surface area contributed by atoms with Crippen LogP contribution in [0.2, 0.25) is 0 Å². The predicted octanol–water partition coefficient (Wildman–Crippen LogP) is 3.12. The standard InChI is InChI=1S/C14H16FNO2/c1-3-10(2)18-14(17)9-16-7-6-11-8-12(15)4-5-13(11)16/h4-8,10H,3,9H2,1-2H3. The molecular formula is C14H16FNO2. The van der Waals surface area contributed by atoms with Gasteiger partial charge in [-0.15, -0.1) is 0 Å². The first-order chi connectivity index (χ1) is 8.60. The van der Waals surface area contributed by atoms with Gasteiger partial charge in [-0.1, -0.05) is 6.92 Å². The van der Waals surface area contributed by atoms with Crippen LogP contribution in [0.3, 0.4) is 0 Å². The normalized spacial score (nSPS) is 12.6. The number of carbonyl (C=O) groups is 1. The van der Waals surface area contributed by atoms with Crippen LogP contribution < -0.4 is 0 Å². The fourth-order valence-electron chi connectivity index (χ4n) is 1.79. The third-order valence-electron chi connectivity index (χ3n) is 2.94. The third-order valence-corrected chi connectivity index (χ3v) is 2.94. The quantitative estimate of drug-likeness (QED) is 0.779. The van der Waals surface area contributed by atoms with Crippen LogP contribution in [-0.4, -0.2) is 16.6 Å². The molecule has 2 aromatic rings. The van der Waals surface area contributed by atoms with E-state index in [9.17, 15) is 9.18 Å². The maximum absolute atomic E-state index is 13.0. The molecule has 0 spiro atoms. The lowest BCUT2D eigenvalue weighted by atomic mass is 10.2. The Kier molecular flexibility index (Phi) is 3.65. The molecule has 1 atom stereocenters. The number of aromatic nitrogens is 1. The molecular weight excluding hydrogens is 233 g/mol. The van der Waals surface area contributed by atoms with Crippen LogP contribution in [0.15, 0.2) is 30.5 Å². The number of rotatable bonds is 4. The first-order valence-electron chi connectivity index (χ1n) is 6.04. The summed E-state index contributed by atoms with van der Waals surface area (Å²) in [7, 11) is 0. The van der Waals surface area contributed by atoms with Crippen LogP contribution in [0.25, 0.3) is 10.9 Å². The molecule has 0 saturated carbocycles. The zero-order valence-corrected chi connectivity index (χ0v) is 10.5. The number of hydrogen-bond donors (Lipinski definition) is 0. The molecule has 96 valence electrons. The smallest absolute Gasteiger partial charge is 0.326 e. The van der Waals surface area contributed by atoms with Crippen LogP contribution in [0.1, 0.15) is 20.3 Å². The van der Waals surface area contributed by atoms with Gasteiger partial charge >= 0.3 is 5.97 Å². The van der Waals surface area contributed by atoms with Crippen molar-refractivity contribution in [2.24, 2.45) is 0 Å². The Morgan fingerprint density at radius 2 is 2.22 bits per heavy atom. The topological polar surface area (TPSA) is 31.2 Å². The molecule has 4 heteroatoms. The van der Waals surface area contributed by atoms with Crippen LogP contribution in [0, 0.1) is 5.82 Å². The fraction of sp³-hybridized carbons (Fsp3) is 0.357. The molecule has 0 bridgehead atoms. The van der Waals surface area contributed by atoms with Gasteiger partial charge in [0.25, 0.3) is 0 Å². The predicted molar refractivity (Wildman–Crippen MR) is 67.7 cm³/mol. The molecule has 0 aliphatic rings. The molecule has 0 saturated heterocycles. The van der Waals surface area contributed by atoms with E-state index in [-0.39, 0.29) is 24.4 Å². The maximum Gasteiger partial charge on any atom is 0.326 e. The summed E-state index contributed by atoms with van der Waals surface area (Å²) in [5.41, 5.74) is 0.831. The molecule has 0 aliphatic carbocycles. The van der Waals surface area contributed by atoms with Crippen molar-refractivity contribution in [2.45, 2.75) is 32.9 Å². The second-order valence-electron chi connectivity index (χ2n) is 4.36. The molecule has 0 N–H and O–H groups in total. The van der Waals surface area contributed by atoms with Gasteiger partial charge in [-0.05, 0) is 37.6 Å². The average molecular weight is 249 g/mol. The number of carbonyl (C=O) groups excluding carboxylic acids is 1. The molecule has 2 rings (SSSR count). The summed E-state index contributed by atoms with van der Waals surface area (Å²) in [6.45, 7) is 3.98. The molecule has 0 radical (unpaired) electrons. The Morgan fingerprint density at radius 3 is 2.94 bits per heavy atom. The molecule has 0 aliphatic heterocycles. The second kappa shape index (κ2) is 5.21. The van der Waals surface area contributed by atoms with E-state index in [4.69, 9.17) is 4.74 Å². The van der Waals surface area contributed by atoms with Crippen molar-refractivity contribution in [3.8, 4) is 0 Å². The SMILES string of the molecule is CCC(C)OC(=O)Cn1ccc2cc(F)ccc21. The van der Waals surface area contributed by atoms with Crippen molar-refractivity contribution in [3.05, 3.63) is 36.3 Å². The van der Waals surface area contributed by atoms with E-state index in [1.54, 1.807) is 22.9 Å². The number of esters is 1. The number of ether oxygens (including phenoxy) is 1. The van der Waals surface area contributed by atoms with Crippen LogP contribution in [-0.2, 0) is 16.1 Å². The van der Waals surface area contributed by atoms with Crippen molar-refractivity contribution in [3.63, 3.8) is 0 Å². The lowest BCUT2D eigenvalue weighted by Crippen LogP contribution is -2.18. The fourth-order valence-corrected chi connectivity index (χ4v) is 1.79. The minimum absolute atomic E-state index is 0.0724. The summed E-state index contributed by atoms with van der Waals surface area (Å²) in [5.74, 6) is -0.548. The highest BCUT2D eigenvalue weighted by molar-refractivity contribution is 5.82. The van der Waals surface area contributed by atoms with E-state index in [0.717, 1.165) is 17.3 Å². The van der Waals surface area contributed by atoms with Crippen LogP contribution in [0.4, 0.5) is 4.39 Å². The summed E-state index contributed by atoms with van der Waals surface area (Å²) in [6.07, 6.45) is 2.49. The minimum atomic E-state index is -0.276. The summed E-state index contributed by atoms with van der Waals surface area (Å²) >= 11 is 0. The maximum atomic E-state index is 13.0. The van der Waals surface area contributed by atoms with Crippen molar-refractivity contribution >= 4 is 16.9 Å². The van der Waals surface area contributed by atoms with E-state index in [1.165, 1.54) is 12.1 Å². The van der Waals surface area contributed by atoms with Gasteiger partial charge in [0.1, 0.15) is 12.4 Å². The summed E-state index contributed by atoms with van der Waals surface area (Å²) < 4.78 is 20.0. The van der Waals surface area contributed by atoms with Crippen molar-refractivity contribution in [1.82, 2.24) is 4.57 Å². The monoisotopic (exact) mass is 249 g/mol. The van der Waals surface area contributed by atoms with Gasteiger partial charge in [-0.2, -0.15) is 0 Å². The summed E-state index contributed by atoms with van der Waals surface area (Å²) in [5, 5.41) is 0.784. The second-order valence-corrected chi connectivity index (χ2v) is 4.36. The lowest BCUT2D eigenvalue weighted by Gasteiger charge is -2.11. The summed E-state index contributed by atoms with van der Waals surface area (Å²) in [6, 6.07) is 6.29. The van der Waals surface area contributed by atoms with Crippen molar-refractivity contribution < 1.29 is 13.9 Å². The Bertz CT molecular complexity index is 562. The van der Waals surface area contributed by atoms with Gasteiger partial charge in [0, 0.05) is 17.1 Å². The van der Waals surface area contributed by atoms with Crippen LogP contribution in [0.5, 0.6) is 0 Å². The highest BCUT2D eigenvalue weighted by atomic mass is 19.1. The molecule has 1 heterocycles. The minimum Gasteiger partial charge on any atom is -0.461 e. The molecule has 18 heavy (non-hydrogen) atoms. The Balaban J connectivity index is 2.15. The van der Waals surface area contributed by atoms with E-state index >= 15 is 0 Å². The van der Waals surface area contributed by atoms with Gasteiger partial charge in [0.05, 0.1) is 6.10 Å². The van der Waals surface area contributed by atoms with Gasteiger partial charge < -0.3 is 9.30 Å². The van der Waals surface area contributed by atoms with E-state index in [1.807, 2.05) is 13.8 Å². The average Bonchev–Trinajstić information content (AvgIpc) is 2.71. The first-order valence-corrected chi connectivity index (χ1v) is 6.04. The largest absolute Gasteiger partial charge is 0.461 e. The zero-order chi connectivity index (χ0) is 13.1. The Labute approximate surface area is 105 Å². The molecule has 1 unspecified atom stereocenters. The molecule has 0 amide bonds. The molecule has 0 fully saturated rings. The third kappa shape index (κ3) is 2.70. The molecule has 1 aromatic heterocycles. The van der Waals surface area contributed by atoms with Crippen molar-refractivity contribution in [2.75, 3.05) is 0 Å². The highest BCUT2D eigenvalue weighted by Crippen LogP contribution is 2.17. The van der Waals surface area contributed by atoms with Crippen LogP contribution >= 0.6 is 0 Å². The molecule has 3 nitrogen and oxygen atoms in total. The Hall–Kier alpha value is -1.84. The van der Waals surface area contributed by atoms with Gasteiger partial charge in [-0.3, -0.25) is 4.79 Å². The summed E-state index contributed by atoms with van der Waals surface area (Å²) in [4.78, 5) is 11.7. The first kappa shape index (κ1) is 12.6.